The molecule has 1 N–H and O–H groups in total. The number of amides is 1. The Labute approximate surface area is 188 Å². The van der Waals surface area contributed by atoms with Gasteiger partial charge < -0.3 is 24.3 Å². The average Bonchev–Trinajstić information content (AvgIpc) is 2.81. The summed E-state index contributed by atoms with van der Waals surface area (Å²) in [6, 6.07) is 9.65. The quantitative estimate of drug-likeness (QED) is 0.608. The lowest BCUT2D eigenvalue weighted by Gasteiger charge is -2.26. The number of sulfonamides is 1. The molecule has 2 aromatic carbocycles. The zero-order chi connectivity index (χ0) is 23.3. The number of anilines is 1. The summed E-state index contributed by atoms with van der Waals surface area (Å²) in [5.74, 6) is 1.57. The lowest BCUT2D eigenvalue weighted by Crippen LogP contribution is -2.42. The van der Waals surface area contributed by atoms with E-state index in [0.717, 1.165) is 4.31 Å². The molecule has 0 saturated carbocycles. The van der Waals surface area contributed by atoms with E-state index in [9.17, 15) is 13.2 Å². The Morgan fingerprint density at radius 3 is 2.47 bits per heavy atom. The summed E-state index contributed by atoms with van der Waals surface area (Å²) >= 11 is 0. The lowest BCUT2D eigenvalue weighted by atomic mass is 10.1. The molecule has 0 aliphatic carbocycles. The molecular weight excluding hydrogens is 436 g/mol. The van der Waals surface area contributed by atoms with Crippen molar-refractivity contribution in [3.8, 4) is 23.0 Å². The van der Waals surface area contributed by atoms with Crippen molar-refractivity contribution in [2.45, 2.75) is 19.9 Å². The van der Waals surface area contributed by atoms with Gasteiger partial charge in [0, 0.05) is 11.6 Å². The summed E-state index contributed by atoms with van der Waals surface area (Å²) in [6.07, 6.45) is 0. The molecule has 2 aromatic rings. The maximum atomic E-state index is 12.9. The third kappa shape index (κ3) is 5.18. The van der Waals surface area contributed by atoms with Crippen LogP contribution >= 0.6 is 0 Å². The molecule has 0 unspecified atom stereocenters. The minimum Gasteiger partial charge on any atom is -0.497 e. The second-order valence-electron chi connectivity index (χ2n) is 7.13. The van der Waals surface area contributed by atoms with E-state index >= 15 is 0 Å². The minimum atomic E-state index is -3.73. The number of ether oxygens (including phenoxy) is 4. The molecular formula is C22H28N2O7S. The van der Waals surface area contributed by atoms with E-state index in [2.05, 4.69) is 5.32 Å². The fraction of sp³-hybridized carbons (Fsp3) is 0.409. The molecule has 32 heavy (non-hydrogen) atoms. The first-order chi connectivity index (χ1) is 15.3. The SMILES string of the molecule is CCS(=O)(=O)N(CC(=O)N[C@@H](C)c1cc(OC)ccc1OC)c1ccc2c(c1)OCCO2. The fourth-order valence-corrected chi connectivity index (χ4v) is 4.43. The van der Waals surface area contributed by atoms with Gasteiger partial charge in [-0.2, -0.15) is 0 Å². The summed E-state index contributed by atoms with van der Waals surface area (Å²) < 4.78 is 48.3. The molecule has 3 rings (SSSR count). The minimum absolute atomic E-state index is 0.159. The van der Waals surface area contributed by atoms with E-state index < -0.39 is 22.0 Å². The predicted molar refractivity (Wildman–Crippen MR) is 120 cm³/mol. The number of carbonyl (C=O) groups excluding carboxylic acids is 1. The highest BCUT2D eigenvalue weighted by molar-refractivity contribution is 7.92. The van der Waals surface area contributed by atoms with Gasteiger partial charge in [0.1, 0.15) is 31.3 Å². The first-order valence-corrected chi connectivity index (χ1v) is 11.8. The Kier molecular flexibility index (Phi) is 7.34. The van der Waals surface area contributed by atoms with Crippen molar-refractivity contribution in [2.24, 2.45) is 0 Å². The van der Waals surface area contributed by atoms with Crippen LogP contribution < -0.4 is 28.6 Å². The normalized spacial score (nSPS) is 13.8. The van der Waals surface area contributed by atoms with Gasteiger partial charge in [-0.15, -0.1) is 0 Å². The van der Waals surface area contributed by atoms with Crippen molar-refractivity contribution in [3.63, 3.8) is 0 Å². The lowest BCUT2D eigenvalue weighted by molar-refractivity contribution is -0.120. The number of hydrogen-bond acceptors (Lipinski definition) is 7. The van der Waals surface area contributed by atoms with E-state index in [0.29, 0.717) is 47.5 Å². The van der Waals surface area contributed by atoms with Gasteiger partial charge in [0.05, 0.1) is 31.7 Å². The van der Waals surface area contributed by atoms with Crippen LogP contribution in [-0.2, 0) is 14.8 Å². The number of nitrogens with one attached hydrogen (secondary N) is 1. The molecule has 174 valence electrons. The number of rotatable bonds is 9. The van der Waals surface area contributed by atoms with Gasteiger partial charge >= 0.3 is 0 Å². The summed E-state index contributed by atoms with van der Waals surface area (Å²) in [6.45, 7) is 3.74. The summed E-state index contributed by atoms with van der Waals surface area (Å²) in [7, 11) is -0.637. The Balaban J connectivity index is 1.82. The van der Waals surface area contributed by atoms with Gasteiger partial charge in [-0.25, -0.2) is 8.42 Å². The number of methoxy groups -OCH3 is 2. The molecule has 0 fully saturated rings. The Morgan fingerprint density at radius 1 is 1.09 bits per heavy atom. The molecule has 0 radical (unpaired) electrons. The summed E-state index contributed by atoms with van der Waals surface area (Å²) in [5, 5.41) is 2.84. The number of fused-ring (bicyclic) bond motifs is 1. The molecule has 0 saturated heterocycles. The van der Waals surface area contributed by atoms with Crippen LogP contribution in [0.1, 0.15) is 25.5 Å². The highest BCUT2D eigenvalue weighted by atomic mass is 32.2. The van der Waals surface area contributed by atoms with Gasteiger partial charge in [0.2, 0.25) is 15.9 Å². The maximum Gasteiger partial charge on any atom is 0.241 e. The van der Waals surface area contributed by atoms with Gasteiger partial charge in [-0.05, 0) is 44.2 Å². The molecule has 1 atom stereocenters. The van der Waals surface area contributed by atoms with Crippen molar-refractivity contribution in [3.05, 3.63) is 42.0 Å². The van der Waals surface area contributed by atoms with Crippen LogP contribution in [0.4, 0.5) is 5.69 Å². The van der Waals surface area contributed by atoms with E-state index in [1.54, 1.807) is 50.4 Å². The monoisotopic (exact) mass is 464 g/mol. The van der Waals surface area contributed by atoms with Gasteiger partial charge in [0.25, 0.3) is 0 Å². The highest BCUT2D eigenvalue weighted by Gasteiger charge is 2.26. The Hall–Kier alpha value is -3.14. The summed E-state index contributed by atoms with van der Waals surface area (Å²) in [4.78, 5) is 12.9. The number of benzene rings is 2. The first-order valence-electron chi connectivity index (χ1n) is 10.2. The van der Waals surface area contributed by atoms with Gasteiger partial charge in [-0.1, -0.05) is 0 Å². The second kappa shape index (κ2) is 9.99. The van der Waals surface area contributed by atoms with Crippen LogP contribution in [0.2, 0.25) is 0 Å². The molecule has 10 heteroatoms. The Bertz CT molecular complexity index is 1070. The van der Waals surface area contributed by atoms with Crippen LogP contribution in [0.5, 0.6) is 23.0 Å². The van der Waals surface area contributed by atoms with Crippen LogP contribution in [0, 0.1) is 0 Å². The highest BCUT2D eigenvalue weighted by Crippen LogP contribution is 2.35. The Morgan fingerprint density at radius 2 is 1.81 bits per heavy atom. The van der Waals surface area contributed by atoms with Gasteiger partial charge in [-0.3, -0.25) is 9.10 Å². The van der Waals surface area contributed by atoms with Crippen molar-refractivity contribution in [2.75, 3.05) is 44.0 Å². The van der Waals surface area contributed by atoms with Crippen molar-refractivity contribution in [1.82, 2.24) is 5.32 Å². The molecule has 1 aliphatic heterocycles. The largest absolute Gasteiger partial charge is 0.497 e. The second-order valence-corrected chi connectivity index (χ2v) is 9.31. The van der Waals surface area contributed by atoms with E-state index in [4.69, 9.17) is 18.9 Å². The molecule has 1 amide bonds. The van der Waals surface area contributed by atoms with Crippen LogP contribution in [0.15, 0.2) is 36.4 Å². The van der Waals surface area contributed by atoms with E-state index in [1.807, 2.05) is 0 Å². The predicted octanol–water partition coefficient (Wildman–Crippen LogP) is 2.51. The number of carbonyl (C=O) groups is 1. The van der Waals surface area contributed by atoms with E-state index in [1.165, 1.54) is 14.0 Å². The van der Waals surface area contributed by atoms with Crippen LogP contribution in [0.3, 0.4) is 0 Å². The van der Waals surface area contributed by atoms with Crippen LogP contribution in [-0.4, -0.2) is 54.1 Å². The van der Waals surface area contributed by atoms with Crippen molar-refractivity contribution in [1.29, 1.82) is 0 Å². The zero-order valence-electron chi connectivity index (χ0n) is 18.6. The standard InChI is InChI=1S/C22H28N2O7S/c1-5-32(26,27)24(16-6-8-20-21(12-16)31-11-10-30-20)14-22(25)23-15(2)18-13-17(28-3)7-9-19(18)29-4/h6-9,12-13,15H,5,10-11,14H2,1-4H3,(H,23,25)/t15-/m0/s1. The molecule has 0 aromatic heterocycles. The third-order valence-electron chi connectivity index (χ3n) is 5.08. The maximum absolute atomic E-state index is 12.9. The first kappa shape index (κ1) is 23.5. The van der Waals surface area contributed by atoms with Crippen molar-refractivity contribution < 1.29 is 32.2 Å². The van der Waals surface area contributed by atoms with E-state index in [-0.39, 0.29) is 12.3 Å². The van der Waals surface area contributed by atoms with Crippen molar-refractivity contribution >= 4 is 21.6 Å². The average molecular weight is 465 g/mol. The molecule has 1 aliphatic rings. The summed E-state index contributed by atoms with van der Waals surface area (Å²) in [5.41, 5.74) is 1.04. The smallest absolute Gasteiger partial charge is 0.241 e. The molecule has 9 nitrogen and oxygen atoms in total. The molecule has 0 spiro atoms. The third-order valence-corrected chi connectivity index (χ3v) is 6.82. The fourth-order valence-electron chi connectivity index (χ4n) is 3.37. The molecule has 1 heterocycles. The zero-order valence-corrected chi connectivity index (χ0v) is 19.4. The van der Waals surface area contributed by atoms with Crippen LogP contribution in [0.25, 0.3) is 0 Å². The topological polar surface area (TPSA) is 103 Å². The number of hydrogen-bond donors (Lipinski definition) is 1. The molecule has 0 bridgehead atoms. The number of nitrogens with zero attached hydrogens (tertiary/aromatic N) is 1. The van der Waals surface area contributed by atoms with Gasteiger partial charge in [0.15, 0.2) is 11.5 Å².